The topological polar surface area (TPSA) is 41.6 Å². The smallest absolute Gasteiger partial charge is 0.227 e. The van der Waals surface area contributed by atoms with Crippen LogP contribution in [0.2, 0.25) is 0 Å². The van der Waals surface area contributed by atoms with Gasteiger partial charge >= 0.3 is 0 Å². The van der Waals surface area contributed by atoms with Crippen molar-refractivity contribution in [2.24, 2.45) is 11.8 Å². The molecule has 0 aromatic rings. The Kier molecular flexibility index (Phi) is 3.50. The molecule has 0 saturated carbocycles. The first kappa shape index (κ1) is 11.9. The molecule has 2 aliphatic rings. The van der Waals surface area contributed by atoms with Crippen LogP contribution in [0.4, 0.5) is 0 Å². The van der Waals surface area contributed by atoms with Crippen molar-refractivity contribution < 1.29 is 9.53 Å². The van der Waals surface area contributed by atoms with E-state index >= 15 is 0 Å². The third-order valence-electron chi connectivity index (χ3n) is 3.73. The van der Waals surface area contributed by atoms with Gasteiger partial charge in [-0.1, -0.05) is 6.92 Å². The number of amides is 1. The zero-order valence-electron chi connectivity index (χ0n) is 10.4. The summed E-state index contributed by atoms with van der Waals surface area (Å²) in [5, 5.41) is 3.29. The van der Waals surface area contributed by atoms with Crippen LogP contribution in [0, 0.1) is 11.8 Å². The molecular weight excluding hydrogens is 204 g/mol. The molecule has 0 bridgehead atoms. The van der Waals surface area contributed by atoms with Crippen molar-refractivity contribution in [3.8, 4) is 0 Å². The Balaban J connectivity index is 2.02. The first-order valence-corrected chi connectivity index (χ1v) is 6.22. The molecule has 4 heteroatoms. The molecule has 0 aromatic carbocycles. The average Bonchev–Trinajstić information content (AvgIpc) is 2.67. The molecule has 2 aliphatic heterocycles. The van der Waals surface area contributed by atoms with Crippen LogP contribution in [0.5, 0.6) is 0 Å². The lowest BCUT2D eigenvalue weighted by molar-refractivity contribution is -0.148. The van der Waals surface area contributed by atoms with Gasteiger partial charge in [-0.05, 0) is 26.3 Å². The molecule has 92 valence electrons. The summed E-state index contributed by atoms with van der Waals surface area (Å²) in [4.78, 5) is 14.4. The number of ether oxygens (including phenoxy) is 1. The Bertz CT molecular complexity index is 270. The third-order valence-corrected chi connectivity index (χ3v) is 3.73. The van der Waals surface area contributed by atoms with Crippen LogP contribution in [0.1, 0.15) is 20.8 Å². The lowest BCUT2D eigenvalue weighted by Crippen LogP contribution is -2.52. The van der Waals surface area contributed by atoms with Gasteiger partial charge in [0.15, 0.2) is 0 Å². The lowest BCUT2D eigenvalue weighted by atomic mass is 9.95. The van der Waals surface area contributed by atoms with Gasteiger partial charge in [-0.25, -0.2) is 0 Å². The van der Waals surface area contributed by atoms with Gasteiger partial charge in [-0.15, -0.1) is 0 Å². The van der Waals surface area contributed by atoms with Gasteiger partial charge in [0, 0.05) is 13.1 Å². The highest BCUT2D eigenvalue weighted by Gasteiger charge is 2.36. The van der Waals surface area contributed by atoms with E-state index in [1.807, 2.05) is 11.8 Å². The molecule has 2 fully saturated rings. The first-order chi connectivity index (χ1) is 7.59. The van der Waals surface area contributed by atoms with Crippen molar-refractivity contribution in [3.05, 3.63) is 0 Å². The number of hydrogen-bond donors (Lipinski definition) is 1. The van der Waals surface area contributed by atoms with E-state index in [9.17, 15) is 4.79 Å². The zero-order valence-corrected chi connectivity index (χ0v) is 10.4. The molecule has 2 saturated heterocycles. The summed E-state index contributed by atoms with van der Waals surface area (Å²) in [6.45, 7) is 9.45. The molecule has 1 amide bonds. The fourth-order valence-electron chi connectivity index (χ4n) is 2.56. The highest BCUT2D eigenvalue weighted by molar-refractivity contribution is 5.80. The van der Waals surface area contributed by atoms with E-state index in [0.29, 0.717) is 18.4 Å². The van der Waals surface area contributed by atoms with Crippen molar-refractivity contribution >= 4 is 5.91 Å². The molecule has 4 nitrogen and oxygen atoms in total. The minimum absolute atomic E-state index is 0.160. The fraction of sp³-hybridized carbons (Fsp3) is 0.917. The van der Waals surface area contributed by atoms with Crippen LogP contribution in [0.25, 0.3) is 0 Å². The van der Waals surface area contributed by atoms with Crippen LogP contribution < -0.4 is 5.32 Å². The van der Waals surface area contributed by atoms with E-state index in [-0.39, 0.29) is 18.1 Å². The molecule has 0 aromatic heterocycles. The van der Waals surface area contributed by atoms with Crippen LogP contribution in [0.15, 0.2) is 0 Å². The summed E-state index contributed by atoms with van der Waals surface area (Å²) < 4.78 is 5.55. The average molecular weight is 226 g/mol. The van der Waals surface area contributed by atoms with Crippen molar-refractivity contribution in [3.63, 3.8) is 0 Å². The molecule has 0 radical (unpaired) electrons. The van der Waals surface area contributed by atoms with E-state index in [0.717, 1.165) is 19.6 Å². The predicted octanol–water partition coefficient (Wildman–Crippen LogP) is 0.478. The first-order valence-electron chi connectivity index (χ1n) is 6.22. The predicted molar refractivity (Wildman–Crippen MR) is 62.1 cm³/mol. The Morgan fingerprint density at radius 1 is 1.31 bits per heavy atom. The zero-order chi connectivity index (χ0) is 11.7. The largest absolute Gasteiger partial charge is 0.375 e. The Labute approximate surface area is 97.3 Å². The van der Waals surface area contributed by atoms with Crippen molar-refractivity contribution in [1.82, 2.24) is 10.2 Å². The van der Waals surface area contributed by atoms with Crippen molar-refractivity contribution in [1.29, 1.82) is 0 Å². The minimum atomic E-state index is 0.160. The van der Waals surface area contributed by atoms with E-state index in [1.165, 1.54) is 0 Å². The summed E-state index contributed by atoms with van der Waals surface area (Å²) in [6, 6.07) is 0.219. The van der Waals surface area contributed by atoms with Gasteiger partial charge in [0.05, 0.1) is 24.7 Å². The van der Waals surface area contributed by atoms with Crippen LogP contribution >= 0.6 is 0 Å². The van der Waals surface area contributed by atoms with Crippen LogP contribution in [-0.2, 0) is 9.53 Å². The van der Waals surface area contributed by atoms with E-state index < -0.39 is 0 Å². The number of nitrogens with one attached hydrogen (secondary N) is 1. The second-order valence-corrected chi connectivity index (χ2v) is 5.23. The van der Waals surface area contributed by atoms with E-state index in [4.69, 9.17) is 4.74 Å². The standard InChI is InChI=1S/C12H22N2O2/c1-8-4-13-5-11(8)12(15)14-6-10(3)16-7-9(14)2/h8-11,13H,4-7H2,1-3H3. The number of nitrogens with zero attached hydrogens (tertiary/aromatic N) is 1. The summed E-state index contributed by atoms with van der Waals surface area (Å²) in [5.41, 5.74) is 0. The molecular formula is C12H22N2O2. The second kappa shape index (κ2) is 4.72. The number of carbonyl (C=O) groups excluding carboxylic acids is 1. The molecule has 2 heterocycles. The summed E-state index contributed by atoms with van der Waals surface area (Å²) >= 11 is 0. The maximum atomic E-state index is 12.4. The molecule has 4 unspecified atom stereocenters. The SMILES string of the molecule is CC1CN(C(=O)C2CNCC2C)C(C)CO1. The van der Waals surface area contributed by atoms with E-state index in [1.54, 1.807) is 0 Å². The van der Waals surface area contributed by atoms with Crippen molar-refractivity contribution in [2.45, 2.75) is 32.9 Å². The van der Waals surface area contributed by atoms with E-state index in [2.05, 4.69) is 19.2 Å². The van der Waals surface area contributed by atoms with Crippen molar-refractivity contribution in [2.75, 3.05) is 26.2 Å². The van der Waals surface area contributed by atoms with Gasteiger partial charge in [-0.2, -0.15) is 0 Å². The Morgan fingerprint density at radius 2 is 2.06 bits per heavy atom. The monoisotopic (exact) mass is 226 g/mol. The minimum Gasteiger partial charge on any atom is -0.375 e. The van der Waals surface area contributed by atoms with Gasteiger partial charge < -0.3 is 15.0 Å². The normalized spacial score (nSPS) is 40.1. The van der Waals surface area contributed by atoms with Gasteiger partial charge in [0.25, 0.3) is 0 Å². The van der Waals surface area contributed by atoms with Gasteiger partial charge in [0.2, 0.25) is 5.91 Å². The number of hydrogen-bond acceptors (Lipinski definition) is 3. The second-order valence-electron chi connectivity index (χ2n) is 5.23. The quantitative estimate of drug-likeness (QED) is 0.707. The Morgan fingerprint density at radius 3 is 2.69 bits per heavy atom. The highest BCUT2D eigenvalue weighted by atomic mass is 16.5. The third kappa shape index (κ3) is 2.23. The summed E-state index contributed by atoms with van der Waals surface area (Å²) in [5.74, 6) is 0.922. The highest BCUT2D eigenvalue weighted by Crippen LogP contribution is 2.22. The van der Waals surface area contributed by atoms with Gasteiger partial charge in [0.1, 0.15) is 0 Å². The molecule has 2 rings (SSSR count). The fourth-order valence-corrected chi connectivity index (χ4v) is 2.56. The molecule has 0 spiro atoms. The number of rotatable bonds is 1. The number of morpholine rings is 1. The maximum Gasteiger partial charge on any atom is 0.227 e. The molecule has 0 aliphatic carbocycles. The summed E-state index contributed by atoms with van der Waals surface area (Å²) in [6.07, 6.45) is 0.171. The molecule has 1 N–H and O–H groups in total. The maximum absolute atomic E-state index is 12.4. The summed E-state index contributed by atoms with van der Waals surface area (Å²) in [7, 11) is 0. The van der Waals surface area contributed by atoms with Crippen LogP contribution in [0.3, 0.4) is 0 Å². The molecule has 16 heavy (non-hydrogen) atoms. The Hall–Kier alpha value is -0.610. The lowest BCUT2D eigenvalue weighted by Gasteiger charge is -2.38. The van der Waals surface area contributed by atoms with Crippen LogP contribution in [-0.4, -0.2) is 49.2 Å². The van der Waals surface area contributed by atoms with Gasteiger partial charge in [-0.3, -0.25) is 4.79 Å². The molecule has 4 atom stereocenters. The number of carbonyl (C=O) groups is 1.